The van der Waals surface area contributed by atoms with Gasteiger partial charge in [0, 0.05) is 19.1 Å². The SMILES string of the molecule is COc1cc(/C=C/C(=O)O[C@@H]2CC[C@]3(CO3)C([C@]3(C)CC3CC=C(C)C)[C@@H]2OC)ccc1OCCOC(C)C. The molecule has 4 rings (SSSR count). The second-order valence-electron chi connectivity index (χ2n) is 12.0. The van der Waals surface area contributed by atoms with E-state index in [0.717, 1.165) is 37.9 Å². The van der Waals surface area contributed by atoms with Gasteiger partial charge in [-0.15, -0.1) is 0 Å². The first-order valence-corrected chi connectivity index (χ1v) is 14.2. The van der Waals surface area contributed by atoms with Gasteiger partial charge in [0.15, 0.2) is 11.5 Å². The van der Waals surface area contributed by atoms with Crippen LogP contribution >= 0.6 is 0 Å². The van der Waals surface area contributed by atoms with E-state index in [1.165, 1.54) is 11.6 Å². The Morgan fingerprint density at radius 3 is 2.59 bits per heavy atom. The molecule has 0 bridgehead atoms. The maximum Gasteiger partial charge on any atom is 0.331 e. The lowest BCUT2D eigenvalue weighted by molar-refractivity contribution is -0.167. The monoisotopic (exact) mass is 542 g/mol. The molecule has 1 aliphatic heterocycles. The summed E-state index contributed by atoms with van der Waals surface area (Å²) in [5, 5.41) is 0. The molecule has 1 spiro atoms. The molecule has 2 unspecified atom stereocenters. The first-order valence-electron chi connectivity index (χ1n) is 14.2. The average molecular weight is 543 g/mol. The van der Waals surface area contributed by atoms with Crippen LogP contribution in [-0.4, -0.2) is 63.9 Å². The summed E-state index contributed by atoms with van der Waals surface area (Å²) >= 11 is 0. The summed E-state index contributed by atoms with van der Waals surface area (Å²) in [7, 11) is 3.33. The molecule has 2 saturated carbocycles. The number of carbonyl (C=O) groups is 1. The van der Waals surface area contributed by atoms with Crippen molar-refractivity contribution in [1.82, 2.24) is 0 Å². The zero-order valence-corrected chi connectivity index (χ0v) is 24.7. The lowest BCUT2D eigenvalue weighted by Gasteiger charge is -2.44. The summed E-state index contributed by atoms with van der Waals surface area (Å²) < 4.78 is 34.9. The van der Waals surface area contributed by atoms with Crippen LogP contribution in [0.5, 0.6) is 11.5 Å². The summed E-state index contributed by atoms with van der Waals surface area (Å²) in [4.78, 5) is 12.9. The van der Waals surface area contributed by atoms with Crippen LogP contribution in [0.4, 0.5) is 0 Å². The summed E-state index contributed by atoms with van der Waals surface area (Å²) in [5.41, 5.74) is 2.17. The van der Waals surface area contributed by atoms with E-state index in [1.807, 2.05) is 32.0 Å². The van der Waals surface area contributed by atoms with E-state index in [0.29, 0.717) is 30.6 Å². The molecule has 216 valence electrons. The molecule has 0 amide bonds. The van der Waals surface area contributed by atoms with Crippen LogP contribution in [0, 0.1) is 17.3 Å². The number of methoxy groups -OCH3 is 2. The highest BCUT2D eigenvalue weighted by Crippen LogP contribution is 2.68. The van der Waals surface area contributed by atoms with Gasteiger partial charge in [0.1, 0.15) is 18.8 Å². The van der Waals surface area contributed by atoms with Gasteiger partial charge in [0.25, 0.3) is 0 Å². The first kappa shape index (κ1) is 29.6. The van der Waals surface area contributed by atoms with E-state index in [2.05, 4.69) is 26.8 Å². The highest BCUT2D eigenvalue weighted by molar-refractivity contribution is 5.87. The topological polar surface area (TPSA) is 75.8 Å². The second kappa shape index (κ2) is 12.4. The van der Waals surface area contributed by atoms with Crippen LogP contribution < -0.4 is 9.47 Å². The molecular weight excluding hydrogens is 496 g/mol. The van der Waals surface area contributed by atoms with Crippen molar-refractivity contribution in [2.24, 2.45) is 17.3 Å². The van der Waals surface area contributed by atoms with E-state index >= 15 is 0 Å². The highest BCUT2D eigenvalue weighted by atomic mass is 16.6. The standard InChI is InChI=1S/C32H46O7/c1-21(2)8-11-24-19-31(24,5)30-29(35-7)26(14-15-32(30)20-38-32)39-28(33)13-10-23-9-12-25(27(18-23)34-6)37-17-16-36-22(3)4/h8-10,12-13,18,22,24,26,29-30H,11,14-17,19-20H2,1-7H3/b13-10+/t24?,26-,29-,30?,31-,32+/m1/s1. The van der Waals surface area contributed by atoms with Crippen LogP contribution in [0.15, 0.2) is 35.9 Å². The zero-order valence-electron chi connectivity index (χ0n) is 24.7. The van der Waals surface area contributed by atoms with Crippen LogP contribution in [0.25, 0.3) is 6.08 Å². The lowest BCUT2D eigenvalue weighted by atomic mass is 9.67. The number of hydrogen-bond donors (Lipinski definition) is 0. The Kier molecular flexibility index (Phi) is 9.45. The Hall–Kier alpha value is -2.35. The van der Waals surface area contributed by atoms with Gasteiger partial charge in [0.2, 0.25) is 0 Å². The van der Waals surface area contributed by atoms with Crippen molar-refractivity contribution in [3.63, 3.8) is 0 Å². The van der Waals surface area contributed by atoms with Crippen molar-refractivity contribution in [1.29, 1.82) is 0 Å². The molecule has 1 heterocycles. The Morgan fingerprint density at radius 1 is 1.18 bits per heavy atom. The van der Waals surface area contributed by atoms with Gasteiger partial charge in [-0.1, -0.05) is 24.6 Å². The van der Waals surface area contributed by atoms with E-state index in [1.54, 1.807) is 20.3 Å². The van der Waals surface area contributed by atoms with E-state index in [-0.39, 0.29) is 41.2 Å². The molecule has 1 saturated heterocycles. The Morgan fingerprint density at radius 2 is 1.95 bits per heavy atom. The maximum atomic E-state index is 12.9. The fraction of sp³-hybridized carbons (Fsp3) is 0.656. The fourth-order valence-corrected chi connectivity index (χ4v) is 6.31. The van der Waals surface area contributed by atoms with Crippen LogP contribution in [0.2, 0.25) is 0 Å². The van der Waals surface area contributed by atoms with Crippen LogP contribution in [0.1, 0.15) is 65.9 Å². The highest BCUT2D eigenvalue weighted by Gasteiger charge is 2.70. The van der Waals surface area contributed by atoms with Crippen molar-refractivity contribution in [2.45, 2.75) is 84.2 Å². The normalized spacial score (nSPS) is 31.4. The number of epoxide rings is 1. The molecule has 0 N–H and O–H groups in total. The number of esters is 1. The number of benzene rings is 1. The largest absolute Gasteiger partial charge is 0.493 e. The van der Waals surface area contributed by atoms with Crippen molar-refractivity contribution in [3.05, 3.63) is 41.5 Å². The van der Waals surface area contributed by atoms with Gasteiger partial charge in [-0.3, -0.25) is 0 Å². The molecule has 1 aromatic carbocycles. The Bertz CT molecular complexity index is 1050. The number of carbonyl (C=O) groups excluding carboxylic acids is 1. The number of allylic oxidation sites excluding steroid dienone is 2. The van der Waals surface area contributed by atoms with Gasteiger partial charge >= 0.3 is 5.97 Å². The van der Waals surface area contributed by atoms with Crippen LogP contribution in [-0.2, 0) is 23.7 Å². The van der Waals surface area contributed by atoms with Crippen molar-refractivity contribution < 1.29 is 33.2 Å². The fourth-order valence-electron chi connectivity index (χ4n) is 6.31. The molecule has 7 heteroatoms. The molecule has 2 aliphatic carbocycles. The quantitative estimate of drug-likeness (QED) is 0.0995. The molecule has 6 atom stereocenters. The summed E-state index contributed by atoms with van der Waals surface area (Å²) in [6, 6.07) is 5.56. The van der Waals surface area contributed by atoms with Gasteiger partial charge < -0.3 is 28.4 Å². The third kappa shape index (κ3) is 7.05. The number of ether oxygens (including phenoxy) is 6. The van der Waals surface area contributed by atoms with Crippen LogP contribution in [0.3, 0.4) is 0 Å². The molecular formula is C32H46O7. The summed E-state index contributed by atoms with van der Waals surface area (Å²) in [5.74, 6) is 1.67. The van der Waals surface area contributed by atoms with Crippen molar-refractivity contribution in [2.75, 3.05) is 34.0 Å². The third-order valence-corrected chi connectivity index (χ3v) is 8.54. The predicted molar refractivity (Wildman–Crippen MR) is 151 cm³/mol. The molecule has 3 aliphatic rings. The van der Waals surface area contributed by atoms with E-state index < -0.39 is 0 Å². The van der Waals surface area contributed by atoms with E-state index in [4.69, 9.17) is 28.4 Å². The van der Waals surface area contributed by atoms with E-state index in [9.17, 15) is 4.79 Å². The zero-order chi connectivity index (χ0) is 28.2. The third-order valence-electron chi connectivity index (χ3n) is 8.54. The smallest absolute Gasteiger partial charge is 0.331 e. The second-order valence-corrected chi connectivity index (χ2v) is 12.0. The van der Waals surface area contributed by atoms with Gasteiger partial charge in [-0.05, 0) is 88.5 Å². The van der Waals surface area contributed by atoms with Gasteiger partial charge in [0.05, 0.1) is 32.0 Å². The minimum absolute atomic E-state index is 0.130. The summed E-state index contributed by atoms with van der Waals surface area (Å²) in [6.45, 7) is 12.3. The Labute approximate surface area is 233 Å². The number of hydrogen-bond acceptors (Lipinski definition) is 7. The molecule has 7 nitrogen and oxygen atoms in total. The predicted octanol–water partition coefficient (Wildman–Crippen LogP) is 6.00. The number of rotatable bonds is 13. The minimum Gasteiger partial charge on any atom is -0.493 e. The first-order chi connectivity index (χ1) is 18.6. The molecule has 39 heavy (non-hydrogen) atoms. The van der Waals surface area contributed by atoms with Crippen molar-refractivity contribution in [3.8, 4) is 11.5 Å². The van der Waals surface area contributed by atoms with Gasteiger partial charge in [-0.2, -0.15) is 0 Å². The average Bonchev–Trinajstić information content (AvgIpc) is 3.82. The molecule has 0 aromatic heterocycles. The molecule has 3 fully saturated rings. The lowest BCUT2D eigenvalue weighted by Crippen LogP contribution is -2.53. The molecule has 1 aromatic rings. The maximum absolute atomic E-state index is 12.9. The Balaban J connectivity index is 1.38. The van der Waals surface area contributed by atoms with Gasteiger partial charge in [-0.25, -0.2) is 4.79 Å². The molecule has 0 radical (unpaired) electrons. The minimum atomic E-state index is -0.374. The summed E-state index contributed by atoms with van der Waals surface area (Å²) in [6.07, 6.45) is 9.08. The van der Waals surface area contributed by atoms with Crippen molar-refractivity contribution >= 4 is 12.0 Å².